The minimum absolute atomic E-state index is 0.0158. The third kappa shape index (κ3) is 4.86. The van der Waals surface area contributed by atoms with Crippen LogP contribution in [0.1, 0.15) is 50.8 Å². The summed E-state index contributed by atoms with van der Waals surface area (Å²) in [6, 6.07) is 3.97. The number of amides is 1. The lowest BCUT2D eigenvalue weighted by Crippen LogP contribution is -2.45. The molecule has 1 heterocycles. The molecule has 118 valence electrons. The van der Waals surface area contributed by atoms with Gasteiger partial charge in [0, 0.05) is 12.6 Å². The molecule has 0 bridgehead atoms. The predicted octanol–water partition coefficient (Wildman–Crippen LogP) is 2.08. The van der Waals surface area contributed by atoms with E-state index in [0.29, 0.717) is 19.1 Å². The van der Waals surface area contributed by atoms with Gasteiger partial charge in [-0.1, -0.05) is 19.3 Å². The normalized spacial score (nSPS) is 17.9. The Kier molecular flexibility index (Phi) is 6.26. The standard InChI is InChI=1S/C16H26N2O3/c1-13(15-8-5-11-21-15)17-16(20)12-18(9-10-19)14-6-3-2-4-7-14/h5,8,11,13-14,19H,2-4,6-7,9-10,12H2,1H3,(H,17,20). The molecule has 1 aromatic heterocycles. The summed E-state index contributed by atoms with van der Waals surface area (Å²) in [5.74, 6) is 0.743. The molecular formula is C16H26N2O3. The maximum Gasteiger partial charge on any atom is 0.234 e. The Labute approximate surface area is 126 Å². The van der Waals surface area contributed by atoms with Gasteiger partial charge in [-0.15, -0.1) is 0 Å². The molecule has 1 aliphatic rings. The molecule has 1 atom stereocenters. The summed E-state index contributed by atoms with van der Waals surface area (Å²) in [5, 5.41) is 12.2. The van der Waals surface area contributed by atoms with E-state index in [9.17, 15) is 9.90 Å². The fourth-order valence-electron chi connectivity index (χ4n) is 3.05. The first-order valence-electron chi connectivity index (χ1n) is 7.88. The molecule has 1 saturated carbocycles. The van der Waals surface area contributed by atoms with Crippen LogP contribution >= 0.6 is 0 Å². The molecule has 5 nitrogen and oxygen atoms in total. The Morgan fingerprint density at radius 2 is 2.24 bits per heavy atom. The van der Waals surface area contributed by atoms with Gasteiger partial charge >= 0.3 is 0 Å². The first-order chi connectivity index (χ1) is 10.2. The van der Waals surface area contributed by atoms with Crippen LogP contribution in [0.2, 0.25) is 0 Å². The number of aliphatic hydroxyl groups is 1. The van der Waals surface area contributed by atoms with Crippen molar-refractivity contribution in [3.05, 3.63) is 24.2 Å². The smallest absolute Gasteiger partial charge is 0.234 e. The summed E-state index contributed by atoms with van der Waals surface area (Å²) >= 11 is 0. The van der Waals surface area contributed by atoms with Gasteiger partial charge in [0.2, 0.25) is 5.91 Å². The summed E-state index contributed by atoms with van der Waals surface area (Å²) in [6.07, 6.45) is 7.58. The lowest BCUT2D eigenvalue weighted by molar-refractivity contribution is -0.123. The van der Waals surface area contributed by atoms with E-state index < -0.39 is 0 Å². The van der Waals surface area contributed by atoms with Crippen molar-refractivity contribution in [1.82, 2.24) is 10.2 Å². The van der Waals surface area contributed by atoms with E-state index in [4.69, 9.17) is 4.42 Å². The van der Waals surface area contributed by atoms with E-state index in [0.717, 1.165) is 18.6 Å². The largest absolute Gasteiger partial charge is 0.467 e. The topological polar surface area (TPSA) is 65.7 Å². The summed E-state index contributed by atoms with van der Waals surface area (Å²) < 4.78 is 5.30. The van der Waals surface area contributed by atoms with Gasteiger partial charge in [0.25, 0.3) is 0 Å². The van der Waals surface area contributed by atoms with Crippen molar-refractivity contribution in [2.75, 3.05) is 19.7 Å². The number of carbonyl (C=O) groups excluding carboxylic acids is 1. The van der Waals surface area contributed by atoms with Crippen molar-refractivity contribution in [1.29, 1.82) is 0 Å². The van der Waals surface area contributed by atoms with Gasteiger partial charge in [0.15, 0.2) is 0 Å². The van der Waals surface area contributed by atoms with E-state index in [1.807, 2.05) is 19.1 Å². The van der Waals surface area contributed by atoms with Crippen LogP contribution < -0.4 is 5.32 Å². The van der Waals surface area contributed by atoms with Crippen LogP contribution in [0.25, 0.3) is 0 Å². The van der Waals surface area contributed by atoms with Crippen molar-refractivity contribution in [3.8, 4) is 0 Å². The third-order valence-corrected chi connectivity index (χ3v) is 4.17. The Morgan fingerprint density at radius 3 is 2.86 bits per heavy atom. The summed E-state index contributed by atoms with van der Waals surface area (Å²) in [4.78, 5) is 14.3. The highest BCUT2D eigenvalue weighted by Crippen LogP contribution is 2.22. The molecule has 1 fully saturated rings. The zero-order valence-corrected chi connectivity index (χ0v) is 12.8. The molecule has 1 aliphatic carbocycles. The number of rotatable bonds is 7. The average molecular weight is 294 g/mol. The molecule has 21 heavy (non-hydrogen) atoms. The molecule has 1 aromatic rings. The second-order valence-electron chi connectivity index (χ2n) is 5.79. The van der Waals surface area contributed by atoms with Crippen LogP contribution in [0.15, 0.2) is 22.8 Å². The van der Waals surface area contributed by atoms with Crippen LogP contribution in [0.5, 0.6) is 0 Å². The number of nitrogens with zero attached hydrogens (tertiary/aromatic N) is 1. The number of carbonyl (C=O) groups is 1. The van der Waals surface area contributed by atoms with E-state index in [1.165, 1.54) is 19.3 Å². The van der Waals surface area contributed by atoms with E-state index >= 15 is 0 Å². The fraction of sp³-hybridized carbons (Fsp3) is 0.688. The van der Waals surface area contributed by atoms with Crippen molar-refractivity contribution in [3.63, 3.8) is 0 Å². The lowest BCUT2D eigenvalue weighted by atomic mass is 9.94. The predicted molar refractivity (Wildman–Crippen MR) is 80.8 cm³/mol. The molecule has 2 rings (SSSR count). The van der Waals surface area contributed by atoms with Crippen LogP contribution in [0.4, 0.5) is 0 Å². The van der Waals surface area contributed by atoms with Crippen LogP contribution in [0, 0.1) is 0 Å². The van der Waals surface area contributed by atoms with Crippen LogP contribution in [-0.4, -0.2) is 41.7 Å². The first-order valence-corrected chi connectivity index (χ1v) is 7.88. The van der Waals surface area contributed by atoms with Crippen molar-refractivity contribution < 1.29 is 14.3 Å². The van der Waals surface area contributed by atoms with Crippen LogP contribution in [0.3, 0.4) is 0 Å². The highest BCUT2D eigenvalue weighted by molar-refractivity contribution is 5.78. The Bertz CT molecular complexity index is 413. The minimum Gasteiger partial charge on any atom is -0.467 e. The molecule has 0 aromatic carbocycles. The molecule has 1 unspecified atom stereocenters. The van der Waals surface area contributed by atoms with E-state index in [2.05, 4.69) is 10.2 Å². The SMILES string of the molecule is CC(NC(=O)CN(CCO)C1CCCCC1)c1ccco1. The van der Waals surface area contributed by atoms with Crippen LogP contribution in [-0.2, 0) is 4.79 Å². The second-order valence-corrected chi connectivity index (χ2v) is 5.79. The number of aliphatic hydroxyl groups excluding tert-OH is 1. The van der Waals surface area contributed by atoms with E-state index in [-0.39, 0.29) is 18.6 Å². The first kappa shape index (κ1) is 16.0. The van der Waals surface area contributed by atoms with Gasteiger partial charge in [-0.3, -0.25) is 9.69 Å². The van der Waals surface area contributed by atoms with Gasteiger partial charge in [0.05, 0.1) is 25.5 Å². The second kappa shape index (κ2) is 8.20. The lowest BCUT2D eigenvalue weighted by Gasteiger charge is -2.33. The highest BCUT2D eigenvalue weighted by atomic mass is 16.3. The maximum absolute atomic E-state index is 12.2. The van der Waals surface area contributed by atoms with Crippen molar-refractivity contribution in [2.24, 2.45) is 0 Å². The Hall–Kier alpha value is -1.33. The number of hydrogen-bond acceptors (Lipinski definition) is 4. The van der Waals surface area contributed by atoms with Gasteiger partial charge < -0.3 is 14.8 Å². The molecular weight excluding hydrogens is 268 g/mol. The Balaban J connectivity index is 1.85. The zero-order chi connectivity index (χ0) is 15.1. The number of furan rings is 1. The fourth-order valence-corrected chi connectivity index (χ4v) is 3.05. The summed E-state index contributed by atoms with van der Waals surface area (Å²) in [6.45, 7) is 2.91. The van der Waals surface area contributed by atoms with Crippen molar-refractivity contribution >= 4 is 5.91 Å². The molecule has 5 heteroatoms. The quantitative estimate of drug-likeness (QED) is 0.808. The average Bonchev–Trinajstić information content (AvgIpc) is 3.02. The molecule has 0 aliphatic heterocycles. The molecule has 2 N–H and O–H groups in total. The Morgan fingerprint density at radius 1 is 1.48 bits per heavy atom. The zero-order valence-electron chi connectivity index (χ0n) is 12.8. The van der Waals surface area contributed by atoms with E-state index in [1.54, 1.807) is 6.26 Å². The maximum atomic E-state index is 12.2. The summed E-state index contributed by atoms with van der Waals surface area (Å²) in [5.41, 5.74) is 0. The molecule has 0 radical (unpaired) electrons. The van der Waals surface area contributed by atoms with Gasteiger partial charge in [-0.25, -0.2) is 0 Å². The monoisotopic (exact) mass is 294 g/mol. The van der Waals surface area contributed by atoms with Crippen molar-refractivity contribution in [2.45, 2.75) is 51.1 Å². The minimum atomic E-state index is -0.130. The third-order valence-electron chi connectivity index (χ3n) is 4.17. The number of hydrogen-bond donors (Lipinski definition) is 2. The number of nitrogens with one attached hydrogen (secondary N) is 1. The molecule has 1 amide bonds. The van der Waals surface area contributed by atoms with Gasteiger partial charge in [-0.05, 0) is 31.9 Å². The summed E-state index contributed by atoms with van der Waals surface area (Å²) in [7, 11) is 0. The van der Waals surface area contributed by atoms with Gasteiger partial charge in [0.1, 0.15) is 5.76 Å². The van der Waals surface area contributed by atoms with Gasteiger partial charge in [-0.2, -0.15) is 0 Å². The molecule has 0 saturated heterocycles. The molecule has 0 spiro atoms. The highest BCUT2D eigenvalue weighted by Gasteiger charge is 2.23.